The maximum Gasteiger partial charge on any atom is 0.0652 e. The third kappa shape index (κ3) is 156. The van der Waals surface area contributed by atoms with Gasteiger partial charge in [0.25, 0.3) is 0 Å². The van der Waals surface area contributed by atoms with Gasteiger partial charge in [-0.2, -0.15) is 11.8 Å². The van der Waals surface area contributed by atoms with Crippen molar-refractivity contribution in [1.82, 2.24) is 0 Å². The molecule has 0 aromatic heterocycles. The summed E-state index contributed by atoms with van der Waals surface area (Å²) < 4.78 is 0. The van der Waals surface area contributed by atoms with Crippen LogP contribution in [0.4, 0.5) is 0 Å². The normalized spacial score (nSPS) is 5.65. The molecule has 0 N–H and O–H groups in total. The van der Waals surface area contributed by atoms with E-state index in [1.807, 2.05) is 0 Å². The Balaban J connectivity index is -0.00000000649. The molecule has 0 aliphatic carbocycles. The van der Waals surface area contributed by atoms with Gasteiger partial charge in [0.2, 0.25) is 0 Å². The summed E-state index contributed by atoms with van der Waals surface area (Å²) in [7, 11) is 7.87. The average Bonchev–Trinajstić information content (AvgIpc) is 1.86. The van der Waals surface area contributed by atoms with Gasteiger partial charge in [-0.3, -0.25) is 0 Å². The first-order valence-electron chi connectivity index (χ1n) is 4.02. The molecule has 20 heavy (non-hydrogen) atoms. The Morgan fingerprint density at radius 1 is 0.900 bits per heavy atom. The van der Waals surface area contributed by atoms with Crippen LogP contribution >= 0.6 is 9.24 Å². The van der Waals surface area contributed by atoms with Crippen LogP contribution in [0.3, 0.4) is 0 Å². The molecule has 1 unspecified atom stereocenters. The maximum absolute atomic E-state index is 5.27. The van der Waals surface area contributed by atoms with E-state index in [0.29, 0.717) is 0 Å². The summed E-state index contributed by atoms with van der Waals surface area (Å²) >= 11 is 0. The first-order valence-corrected chi connectivity index (χ1v) is 4.84. The molecule has 0 amide bonds. The van der Waals surface area contributed by atoms with Crippen molar-refractivity contribution in [3.05, 3.63) is 13.8 Å². The van der Waals surface area contributed by atoms with Gasteiger partial charge >= 0.3 is 0 Å². The molecular weight excluding hydrogens is 335 g/mol. The molecule has 0 spiro atoms. The molecule has 0 saturated heterocycles. The molecule has 0 aromatic carbocycles. The fraction of sp³-hybridized carbons (Fsp3) is 0.882. The van der Waals surface area contributed by atoms with Gasteiger partial charge in [-0.15, -0.1) is 9.24 Å². The van der Waals surface area contributed by atoms with Crippen molar-refractivity contribution in [3.8, 4) is 0 Å². The molecule has 0 nitrogen and oxygen atoms in total. The van der Waals surface area contributed by atoms with Crippen LogP contribution in [0.2, 0.25) is 6.32 Å². The van der Waals surface area contributed by atoms with Gasteiger partial charge in [-0.05, 0) is 0 Å². The van der Waals surface area contributed by atoms with E-state index in [0.717, 1.165) is 25.3 Å². The minimum absolute atomic E-state index is 0. The molecule has 3 radical (unpaired) electrons. The Morgan fingerprint density at radius 3 is 1.10 bits per heavy atom. The van der Waals surface area contributed by atoms with Crippen LogP contribution in [-0.4, -0.2) is 14.0 Å². The van der Waals surface area contributed by atoms with Crippen molar-refractivity contribution in [2.75, 3.05) is 6.16 Å². The van der Waals surface area contributed by atoms with E-state index >= 15 is 0 Å². The van der Waals surface area contributed by atoms with Crippen LogP contribution < -0.4 is 0 Å². The summed E-state index contributed by atoms with van der Waals surface area (Å²) in [6, 6.07) is 0. The summed E-state index contributed by atoms with van der Waals surface area (Å²) in [4.78, 5) is 0. The molecule has 0 saturated carbocycles. The van der Waals surface area contributed by atoms with E-state index in [2.05, 4.69) is 36.9 Å². The van der Waals surface area contributed by atoms with Crippen LogP contribution in [0.1, 0.15) is 86.1 Å². The first-order chi connectivity index (χ1) is 4.97. The van der Waals surface area contributed by atoms with Crippen LogP contribution in [0, 0.1) is 19.3 Å². The average molecular weight is 387 g/mol. The summed E-state index contributed by atoms with van der Waals surface area (Å²) in [5, 5.41) is 0. The topological polar surface area (TPSA) is 0 Å². The predicted octanol–water partition coefficient (Wildman–Crippen LogP) is 8.00. The summed E-state index contributed by atoms with van der Waals surface area (Å²) in [6.07, 6.45) is 3.91. The van der Waals surface area contributed by atoms with Crippen molar-refractivity contribution >= 4 is 17.1 Å². The van der Waals surface area contributed by atoms with Gasteiger partial charge in [0.15, 0.2) is 0 Å². The number of hydrogen-bond donors (Lipinski definition) is 0. The molecule has 0 fully saturated rings. The maximum atomic E-state index is 5.27. The van der Waals surface area contributed by atoms with Gasteiger partial charge in [-0.25, -0.2) is 0 Å². The molecule has 0 aliphatic heterocycles. The van der Waals surface area contributed by atoms with Crippen molar-refractivity contribution in [1.29, 1.82) is 0 Å². The molecule has 3 heteroatoms. The third-order valence-corrected chi connectivity index (χ3v) is 1.43. The monoisotopic (exact) mass is 387 g/mol. The minimum atomic E-state index is 0. The van der Waals surface area contributed by atoms with Crippen molar-refractivity contribution in [3.63, 3.8) is 0 Å². The minimum Gasteiger partial charge on any atom is -0.343 e. The molecule has 1 atom stereocenters. The quantitative estimate of drug-likeness (QED) is 0.261. The Labute approximate surface area is 166 Å². The van der Waals surface area contributed by atoms with Crippen molar-refractivity contribution < 1.29 is 32.7 Å². The van der Waals surface area contributed by atoms with E-state index in [4.69, 9.17) is 7.85 Å². The Bertz CT molecular complexity index is 71.9. The summed E-state index contributed by atoms with van der Waals surface area (Å²) in [5.41, 5.74) is 0.175. The smallest absolute Gasteiger partial charge is 0.0652 e. The second-order valence-electron chi connectivity index (χ2n) is 3.35. The molecule has 0 aromatic rings. The fourth-order valence-corrected chi connectivity index (χ4v) is 0.391. The molecule has 0 aliphatic rings. The number of hydrogen-bond acceptors (Lipinski definition) is 0. The van der Waals surface area contributed by atoms with Gasteiger partial charge in [0.1, 0.15) is 0 Å². The molecular formula is C17H52BPY-2. The fourth-order valence-electron chi connectivity index (χ4n) is 0.391. The van der Waals surface area contributed by atoms with Gasteiger partial charge < -0.3 is 13.8 Å². The van der Waals surface area contributed by atoms with Gasteiger partial charge in [0, 0.05) is 32.7 Å². The molecule has 0 rings (SSSR count). The van der Waals surface area contributed by atoms with E-state index in [9.17, 15) is 0 Å². The summed E-state index contributed by atoms with van der Waals surface area (Å²) in [6.45, 7) is 11.6. The number of rotatable bonds is 3. The Kier molecular flexibility index (Phi) is 240. The second-order valence-corrected chi connectivity index (χ2v) is 3.92. The zero-order valence-electron chi connectivity index (χ0n) is 8.47. The first kappa shape index (κ1) is 81.6. The van der Waals surface area contributed by atoms with E-state index in [1.165, 1.54) is 0 Å². The van der Waals surface area contributed by atoms with Crippen LogP contribution in [0.15, 0.2) is 0 Å². The molecule has 133 valence electrons. The third-order valence-electron chi connectivity index (χ3n) is 1.03. The zero-order valence-corrected chi connectivity index (χ0v) is 12.5. The largest absolute Gasteiger partial charge is 0.343 e. The Hall–Kier alpha value is 1.60. The van der Waals surface area contributed by atoms with E-state index < -0.39 is 0 Å². The van der Waals surface area contributed by atoms with Gasteiger partial charge in [-0.1, -0.05) is 92.2 Å². The van der Waals surface area contributed by atoms with Crippen LogP contribution in [0.25, 0.3) is 0 Å². The van der Waals surface area contributed by atoms with E-state index in [-0.39, 0.29) is 97.5 Å². The predicted molar refractivity (Wildman–Crippen MR) is 113 cm³/mol. The molecule has 0 heterocycles. The molecule has 0 bridgehead atoms. The van der Waals surface area contributed by atoms with Crippen LogP contribution in [0.5, 0.6) is 0 Å². The standard InChI is InChI=1S/C6H12B.C3H8P.8CH4.Y/c1-6(2,3)4-5-7;1-2-3-4;;;;;;;;;/h1,4-5H2,2-3H3;1-4H2;8*1H4;/q2*-1;;;;;;;;;. The van der Waals surface area contributed by atoms with Crippen molar-refractivity contribution in [2.45, 2.75) is 92.4 Å². The van der Waals surface area contributed by atoms with Gasteiger partial charge in [0.05, 0.1) is 7.85 Å². The van der Waals surface area contributed by atoms with Crippen molar-refractivity contribution in [2.24, 2.45) is 5.41 Å². The second kappa shape index (κ2) is 58.8. The zero-order chi connectivity index (χ0) is 9.33. The SMILES string of the molecule is C.C.C.C.C.C.C.C.[B]CCC([CH2-])(C)C.[CH2-]CCP.[Y]. The van der Waals surface area contributed by atoms with Crippen LogP contribution in [-0.2, 0) is 32.7 Å². The summed E-state index contributed by atoms with van der Waals surface area (Å²) in [5.74, 6) is 0. The van der Waals surface area contributed by atoms with E-state index in [1.54, 1.807) is 0 Å². The Morgan fingerprint density at radius 2 is 1.10 bits per heavy atom.